The molecule has 0 fully saturated rings. The molecule has 1 aromatic carbocycles. The summed E-state index contributed by atoms with van der Waals surface area (Å²) in [6, 6.07) is 1.14. The first-order chi connectivity index (χ1) is 13.8. The van der Waals surface area contributed by atoms with Crippen LogP contribution in [0.5, 0.6) is 11.5 Å². The zero-order valence-corrected chi connectivity index (χ0v) is 20.3. The molecule has 0 aliphatic carbocycles. The van der Waals surface area contributed by atoms with Gasteiger partial charge in [0.1, 0.15) is 0 Å². The van der Waals surface area contributed by atoms with Crippen LogP contribution in [0, 0.1) is 6.92 Å². The van der Waals surface area contributed by atoms with Gasteiger partial charge in [-0.2, -0.15) is 0 Å². The SMILES string of the molecule is COc1c(C)cc(C[C@H](N=[N+]=[N-])[C@H](O)CO)c2c1O[Si](C(C)(C)C)(C(C)(C)C)OC2. The highest BCUT2D eigenvalue weighted by molar-refractivity contribution is 6.74. The van der Waals surface area contributed by atoms with Gasteiger partial charge in [-0.3, -0.25) is 0 Å². The molecule has 2 atom stereocenters. The van der Waals surface area contributed by atoms with Gasteiger partial charge < -0.3 is 23.8 Å². The van der Waals surface area contributed by atoms with E-state index in [1.165, 1.54) is 0 Å². The van der Waals surface area contributed by atoms with Crippen LogP contribution in [0.3, 0.4) is 0 Å². The average Bonchev–Trinajstić information content (AvgIpc) is 2.64. The van der Waals surface area contributed by atoms with Crippen LogP contribution in [-0.2, 0) is 17.5 Å². The zero-order valence-electron chi connectivity index (χ0n) is 19.3. The van der Waals surface area contributed by atoms with Crippen molar-refractivity contribution in [2.45, 2.75) is 83.7 Å². The topological polar surface area (TPSA) is 117 Å². The van der Waals surface area contributed by atoms with Crippen molar-refractivity contribution in [3.63, 3.8) is 0 Å². The normalized spacial score (nSPS) is 17.9. The van der Waals surface area contributed by atoms with Crippen molar-refractivity contribution in [3.8, 4) is 11.5 Å². The Bertz CT molecular complexity index is 811. The van der Waals surface area contributed by atoms with Crippen LogP contribution in [0.2, 0.25) is 10.1 Å². The lowest BCUT2D eigenvalue weighted by Crippen LogP contribution is -2.61. The highest BCUT2D eigenvalue weighted by Crippen LogP contribution is 2.56. The number of hydrogen-bond acceptors (Lipinski definition) is 6. The van der Waals surface area contributed by atoms with Crippen LogP contribution >= 0.6 is 0 Å². The molecule has 2 rings (SSSR count). The van der Waals surface area contributed by atoms with E-state index in [1.807, 2.05) is 13.0 Å². The van der Waals surface area contributed by atoms with E-state index in [-0.39, 0.29) is 16.5 Å². The fourth-order valence-electron chi connectivity index (χ4n) is 4.46. The van der Waals surface area contributed by atoms with E-state index in [2.05, 4.69) is 51.6 Å². The minimum Gasteiger partial charge on any atom is -0.516 e. The van der Waals surface area contributed by atoms with Crippen molar-refractivity contribution in [2.24, 2.45) is 5.11 Å². The Morgan fingerprint density at radius 1 is 1.27 bits per heavy atom. The van der Waals surface area contributed by atoms with Gasteiger partial charge in [0, 0.05) is 20.6 Å². The van der Waals surface area contributed by atoms with Crippen molar-refractivity contribution < 1.29 is 23.8 Å². The van der Waals surface area contributed by atoms with Crippen LogP contribution < -0.4 is 9.16 Å². The third-order valence-corrected chi connectivity index (χ3v) is 10.7. The van der Waals surface area contributed by atoms with E-state index in [0.717, 1.165) is 16.7 Å². The lowest BCUT2D eigenvalue weighted by molar-refractivity contribution is 0.0740. The summed E-state index contributed by atoms with van der Waals surface area (Å²) in [6.45, 7) is 14.7. The summed E-state index contributed by atoms with van der Waals surface area (Å²) < 4.78 is 19.1. The Hall–Kier alpha value is -1.77. The molecule has 0 saturated heterocycles. The van der Waals surface area contributed by atoms with Crippen LogP contribution in [0.4, 0.5) is 0 Å². The van der Waals surface area contributed by atoms with Gasteiger partial charge in [-0.05, 0) is 30.0 Å². The second kappa shape index (κ2) is 8.76. The molecule has 9 heteroatoms. The number of benzene rings is 1. The predicted molar refractivity (Wildman–Crippen MR) is 118 cm³/mol. The van der Waals surface area contributed by atoms with E-state index >= 15 is 0 Å². The minimum atomic E-state index is -2.77. The molecule has 1 heterocycles. The summed E-state index contributed by atoms with van der Waals surface area (Å²) in [5, 5.41) is 22.7. The molecule has 168 valence electrons. The second-order valence-electron chi connectivity index (χ2n) is 9.93. The molecule has 0 spiro atoms. The Balaban J connectivity index is 2.65. The number of aliphatic hydroxyl groups is 2. The van der Waals surface area contributed by atoms with Crippen molar-refractivity contribution in [1.29, 1.82) is 0 Å². The third-order valence-electron chi connectivity index (χ3n) is 5.72. The fraction of sp³-hybridized carbons (Fsp3) is 0.714. The summed E-state index contributed by atoms with van der Waals surface area (Å²) in [6.07, 6.45) is -0.896. The number of azide groups is 1. The third kappa shape index (κ3) is 4.31. The van der Waals surface area contributed by atoms with Gasteiger partial charge in [0.25, 0.3) is 0 Å². The monoisotopic (exact) mass is 437 g/mol. The van der Waals surface area contributed by atoms with Gasteiger partial charge >= 0.3 is 8.56 Å². The van der Waals surface area contributed by atoms with Gasteiger partial charge in [-0.1, -0.05) is 52.7 Å². The van der Waals surface area contributed by atoms with Gasteiger partial charge in [-0.15, -0.1) is 0 Å². The smallest absolute Gasteiger partial charge is 0.410 e. The molecule has 1 aromatic rings. The summed E-state index contributed by atoms with van der Waals surface area (Å²) >= 11 is 0. The van der Waals surface area contributed by atoms with Crippen molar-refractivity contribution in [1.82, 2.24) is 0 Å². The maximum Gasteiger partial charge on any atom is 0.410 e. The lowest BCUT2D eigenvalue weighted by atomic mass is 9.95. The first-order valence-corrected chi connectivity index (χ1v) is 12.0. The molecule has 1 aliphatic rings. The Morgan fingerprint density at radius 3 is 2.33 bits per heavy atom. The van der Waals surface area contributed by atoms with E-state index in [4.69, 9.17) is 19.1 Å². The van der Waals surface area contributed by atoms with Crippen LogP contribution in [0.15, 0.2) is 11.2 Å². The lowest BCUT2D eigenvalue weighted by Gasteiger charge is -2.51. The van der Waals surface area contributed by atoms with Crippen LogP contribution in [0.25, 0.3) is 10.4 Å². The molecule has 0 bridgehead atoms. The largest absolute Gasteiger partial charge is 0.516 e. The van der Waals surface area contributed by atoms with Crippen molar-refractivity contribution in [3.05, 3.63) is 33.2 Å². The second-order valence-corrected chi connectivity index (χ2v) is 14.7. The number of aryl methyl sites for hydroxylation is 1. The average molecular weight is 438 g/mol. The minimum absolute atomic E-state index is 0.196. The first kappa shape index (κ1) is 24.5. The van der Waals surface area contributed by atoms with Gasteiger partial charge in [0.2, 0.25) is 0 Å². The fourth-order valence-corrected chi connectivity index (χ4v) is 9.09. The summed E-state index contributed by atoms with van der Waals surface area (Å²) in [7, 11) is -1.14. The summed E-state index contributed by atoms with van der Waals surface area (Å²) in [5.41, 5.74) is 11.4. The Kier molecular flexibility index (Phi) is 7.16. The quantitative estimate of drug-likeness (QED) is 0.293. The van der Waals surface area contributed by atoms with Crippen LogP contribution in [0.1, 0.15) is 58.2 Å². The highest BCUT2D eigenvalue weighted by Gasteiger charge is 2.62. The molecule has 8 nitrogen and oxygen atoms in total. The van der Waals surface area contributed by atoms with Crippen molar-refractivity contribution >= 4 is 8.56 Å². The van der Waals surface area contributed by atoms with E-state index in [0.29, 0.717) is 18.1 Å². The Labute approximate surface area is 180 Å². The maximum absolute atomic E-state index is 10.1. The molecule has 0 saturated carbocycles. The van der Waals surface area contributed by atoms with E-state index in [9.17, 15) is 10.2 Å². The molecular formula is C21H35N3O5Si. The number of hydrogen-bond donors (Lipinski definition) is 2. The van der Waals surface area contributed by atoms with E-state index in [1.54, 1.807) is 7.11 Å². The molecule has 0 radical (unpaired) electrons. The van der Waals surface area contributed by atoms with Gasteiger partial charge in [-0.25, -0.2) is 0 Å². The molecular weight excluding hydrogens is 402 g/mol. The standard InChI is InChI=1S/C21H35N3O5Si/c1-13-9-14(10-16(23-24-22)17(26)11-25)15-12-28-30(20(2,3)4,21(5,6)7)29-19(15)18(13)27-8/h9,16-17,25-26H,10-12H2,1-8H3/t16-,17+/m0/s1. The highest BCUT2D eigenvalue weighted by atomic mass is 28.4. The first-order valence-electron chi connectivity index (χ1n) is 10.2. The summed E-state index contributed by atoms with van der Waals surface area (Å²) in [5.74, 6) is 1.35. The number of fused-ring (bicyclic) bond motifs is 1. The maximum atomic E-state index is 10.1. The number of rotatable bonds is 6. The number of methoxy groups -OCH3 is 1. The predicted octanol–water partition coefficient (Wildman–Crippen LogP) is 4.53. The number of nitrogens with zero attached hydrogens (tertiary/aromatic N) is 3. The van der Waals surface area contributed by atoms with Crippen molar-refractivity contribution in [2.75, 3.05) is 13.7 Å². The molecule has 30 heavy (non-hydrogen) atoms. The van der Waals surface area contributed by atoms with Gasteiger partial charge in [0.05, 0.1) is 32.5 Å². The van der Waals surface area contributed by atoms with E-state index < -0.39 is 27.3 Å². The summed E-state index contributed by atoms with van der Waals surface area (Å²) in [4.78, 5) is 2.83. The van der Waals surface area contributed by atoms with Crippen LogP contribution in [-0.4, -0.2) is 44.6 Å². The Morgan fingerprint density at radius 2 is 1.87 bits per heavy atom. The number of ether oxygens (including phenoxy) is 1. The molecule has 1 aliphatic heterocycles. The van der Waals surface area contributed by atoms with Gasteiger partial charge in [0.15, 0.2) is 11.5 Å². The molecule has 0 unspecified atom stereocenters. The molecule has 0 aromatic heterocycles. The number of aliphatic hydroxyl groups excluding tert-OH is 2. The molecule has 2 N–H and O–H groups in total. The molecule has 0 amide bonds. The zero-order chi connectivity index (χ0) is 22.9.